The molecule has 2 N–H and O–H groups in total. The van der Waals surface area contributed by atoms with E-state index in [0.717, 1.165) is 0 Å². The molecule has 3 nitrogen and oxygen atoms in total. The summed E-state index contributed by atoms with van der Waals surface area (Å²) in [6.45, 7) is 0. The normalized spacial score (nSPS) is 12.6. The van der Waals surface area contributed by atoms with Gasteiger partial charge in [0.05, 0.1) is 11.1 Å². The molecule has 1 rings (SSSR count). The van der Waals surface area contributed by atoms with Gasteiger partial charge < -0.3 is 10.2 Å². The van der Waals surface area contributed by atoms with Gasteiger partial charge in [0.2, 0.25) is 0 Å². The van der Waals surface area contributed by atoms with Crippen molar-refractivity contribution in [2.75, 3.05) is 0 Å². The molecule has 0 heterocycles. The molecule has 18 heavy (non-hydrogen) atoms. The topological polar surface area (TPSA) is 57.5 Å². The lowest BCUT2D eigenvalue weighted by atomic mass is 10.0. The summed E-state index contributed by atoms with van der Waals surface area (Å²) in [4.78, 5) is 10.5. The van der Waals surface area contributed by atoms with Gasteiger partial charge in [-0.15, -0.1) is 0 Å². The van der Waals surface area contributed by atoms with Crippen LogP contribution in [0.5, 0.6) is 5.75 Å². The maximum atomic E-state index is 12.3. The number of carboxylic acid groups (broad SMARTS) is 1. The Morgan fingerprint density at radius 3 is 1.83 bits per heavy atom. The zero-order valence-corrected chi connectivity index (χ0v) is 8.23. The van der Waals surface area contributed by atoms with Gasteiger partial charge in [-0.3, -0.25) is 0 Å². The van der Waals surface area contributed by atoms with Crippen molar-refractivity contribution in [1.29, 1.82) is 0 Å². The second-order valence-corrected chi connectivity index (χ2v) is 3.22. The number of carboxylic acids is 1. The van der Waals surface area contributed by atoms with Crippen molar-refractivity contribution in [3.8, 4) is 5.75 Å². The summed E-state index contributed by atoms with van der Waals surface area (Å²) in [7, 11) is 0. The summed E-state index contributed by atoms with van der Waals surface area (Å²) in [6, 6.07) is -0.408. The molecule has 0 amide bonds. The summed E-state index contributed by atoms with van der Waals surface area (Å²) in [5.74, 6) is -3.84. The summed E-state index contributed by atoms with van der Waals surface area (Å²) in [5, 5.41) is 17.5. The van der Waals surface area contributed by atoms with Gasteiger partial charge in [-0.25, -0.2) is 4.79 Å². The first-order valence-electron chi connectivity index (χ1n) is 4.19. The van der Waals surface area contributed by atoms with Gasteiger partial charge in [-0.1, -0.05) is 0 Å². The maximum Gasteiger partial charge on any atom is 0.419 e. The fraction of sp³-hybridized carbons (Fsp3) is 0.222. The fourth-order valence-corrected chi connectivity index (χ4v) is 1.18. The van der Waals surface area contributed by atoms with Crippen LogP contribution in [0.4, 0.5) is 26.3 Å². The van der Waals surface area contributed by atoms with E-state index in [1.165, 1.54) is 0 Å². The highest BCUT2D eigenvalue weighted by molar-refractivity contribution is 5.91. The molecule has 9 heteroatoms. The fourth-order valence-electron chi connectivity index (χ4n) is 1.18. The monoisotopic (exact) mass is 274 g/mol. The number of benzene rings is 1. The second-order valence-electron chi connectivity index (χ2n) is 3.22. The van der Waals surface area contributed by atoms with E-state index in [2.05, 4.69) is 0 Å². The SMILES string of the molecule is O=C(O)c1cc(C(F)(F)F)cc(C(F)(F)F)c1O. The highest BCUT2D eigenvalue weighted by Gasteiger charge is 2.40. The number of aromatic hydroxyl groups is 1. The Bertz CT molecular complexity index is 488. The van der Waals surface area contributed by atoms with Crippen molar-refractivity contribution in [3.05, 3.63) is 28.8 Å². The lowest BCUT2D eigenvalue weighted by Crippen LogP contribution is -2.14. The molecule has 0 saturated carbocycles. The van der Waals surface area contributed by atoms with Crippen molar-refractivity contribution in [1.82, 2.24) is 0 Å². The molecule has 1 aromatic carbocycles. The van der Waals surface area contributed by atoms with Crippen LogP contribution >= 0.6 is 0 Å². The number of alkyl halides is 6. The van der Waals surface area contributed by atoms with Gasteiger partial charge >= 0.3 is 18.3 Å². The Kier molecular flexibility index (Phi) is 3.20. The number of hydrogen-bond donors (Lipinski definition) is 2. The first-order valence-corrected chi connectivity index (χ1v) is 4.19. The Labute approximate surface area is 95.3 Å². The van der Waals surface area contributed by atoms with Gasteiger partial charge in [-0.2, -0.15) is 26.3 Å². The van der Waals surface area contributed by atoms with Crippen LogP contribution in [0.1, 0.15) is 21.5 Å². The summed E-state index contributed by atoms with van der Waals surface area (Å²) >= 11 is 0. The molecule has 0 aliphatic rings. The third-order valence-electron chi connectivity index (χ3n) is 1.97. The lowest BCUT2D eigenvalue weighted by molar-refractivity contribution is -0.143. The molecule has 0 unspecified atom stereocenters. The van der Waals surface area contributed by atoms with Crippen molar-refractivity contribution in [3.63, 3.8) is 0 Å². The van der Waals surface area contributed by atoms with Crippen LogP contribution in [0.25, 0.3) is 0 Å². The molecular formula is C9H4F6O3. The summed E-state index contributed by atoms with van der Waals surface area (Å²) in [5.41, 5.74) is -5.31. The Balaban J connectivity index is 3.63. The van der Waals surface area contributed by atoms with Gasteiger partial charge in [0.1, 0.15) is 11.3 Å². The molecule has 0 aromatic heterocycles. The van der Waals surface area contributed by atoms with Gasteiger partial charge in [-0.05, 0) is 12.1 Å². The minimum atomic E-state index is -5.30. The van der Waals surface area contributed by atoms with E-state index < -0.39 is 40.8 Å². The standard InChI is InChI=1S/C9H4F6O3/c10-8(11,12)3-1-4(7(17)18)6(16)5(2-3)9(13,14)15/h1-2,16H,(H,17,18). The average Bonchev–Trinajstić information content (AvgIpc) is 2.13. The minimum absolute atomic E-state index is 0.0626. The van der Waals surface area contributed by atoms with E-state index >= 15 is 0 Å². The van der Waals surface area contributed by atoms with Crippen LogP contribution in [-0.2, 0) is 12.4 Å². The van der Waals surface area contributed by atoms with E-state index in [-0.39, 0.29) is 12.1 Å². The Hall–Kier alpha value is -1.93. The molecule has 1 aromatic rings. The zero-order chi connectivity index (χ0) is 14.3. The van der Waals surface area contributed by atoms with Crippen molar-refractivity contribution < 1.29 is 41.4 Å². The highest BCUT2D eigenvalue weighted by Crippen LogP contribution is 2.41. The number of carbonyl (C=O) groups is 1. The van der Waals surface area contributed by atoms with Crippen LogP contribution in [0.15, 0.2) is 12.1 Å². The average molecular weight is 274 g/mol. The van der Waals surface area contributed by atoms with E-state index in [4.69, 9.17) is 10.2 Å². The second kappa shape index (κ2) is 4.07. The maximum absolute atomic E-state index is 12.3. The minimum Gasteiger partial charge on any atom is -0.506 e. The molecule has 0 fully saturated rings. The van der Waals surface area contributed by atoms with Crippen LogP contribution in [-0.4, -0.2) is 16.2 Å². The van der Waals surface area contributed by atoms with E-state index in [9.17, 15) is 31.1 Å². The van der Waals surface area contributed by atoms with Crippen LogP contribution in [0, 0.1) is 0 Å². The number of hydrogen-bond acceptors (Lipinski definition) is 2. The first-order chi connectivity index (χ1) is 7.94. The number of phenols is 1. The number of halogens is 6. The Morgan fingerprint density at radius 1 is 1.00 bits per heavy atom. The molecule has 0 spiro atoms. The van der Waals surface area contributed by atoms with Crippen molar-refractivity contribution in [2.24, 2.45) is 0 Å². The molecule has 0 aliphatic carbocycles. The third kappa shape index (κ3) is 2.66. The molecule has 0 atom stereocenters. The molecule has 0 saturated heterocycles. The highest BCUT2D eigenvalue weighted by atomic mass is 19.4. The van der Waals surface area contributed by atoms with Gasteiger partial charge in [0, 0.05) is 0 Å². The first kappa shape index (κ1) is 14.1. The van der Waals surface area contributed by atoms with E-state index in [0.29, 0.717) is 0 Å². The molecule has 0 aliphatic heterocycles. The summed E-state index contributed by atoms with van der Waals surface area (Å²) in [6.07, 6.45) is -10.5. The van der Waals surface area contributed by atoms with E-state index in [1.54, 1.807) is 0 Å². The number of rotatable bonds is 1. The summed E-state index contributed by atoms with van der Waals surface area (Å²) < 4.78 is 73.9. The molecular weight excluding hydrogens is 270 g/mol. The van der Waals surface area contributed by atoms with Crippen molar-refractivity contribution >= 4 is 5.97 Å². The quantitative estimate of drug-likeness (QED) is 0.773. The predicted molar refractivity (Wildman–Crippen MR) is 45.1 cm³/mol. The molecule has 0 bridgehead atoms. The largest absolute Gasteiger partial charge is 0.506 e. The van der Waals surface area contributed by atoms with Crippen LogP contribution < -0.4 is 0 Å². The van der Waals surface area contributed by atoms with Gasteiger partial charge in [0.15, 0.2) is 0 Å². The van der Waals surface area contributed by atoms with Crippen LogP contribution in [0.3, 0.4) is 0 Å². The smallest absolute Gasteiger partial charge is 0.419 e. The molecule has 100 valence electrons. The Morgan fingerprint density at radius 2 is 1.50 bits per heavy atom. The lowest BCUT2D eigenvalue weighted by Gasteiger charge is -2.14. The van der Waals surface area contributed by atoms with Gasteiger partial charge in [0.25, 0.3) is 0 Å². The third-order valence-corrected chi connectivity index (χ3v) is 1.97. The van der Waals surface area contributed by atoms with Crippen molar-refractivity contribution in [2.45, 2.75) is 12.4 Å². The predicted octanol–water partition coefficient (Wildman–Crippen LogP) is 3.13. The van der Waals surface area contributed by atoms with E-state index in [1.807, 2.05) is 0 Å². The molecule has 0 radical (unpaired) electrons. The van der Waals surface area contributed by atoms with Crippen LogP contribution in [0.2, 0.25) is 0 Å². The zero-order valence-electron chi connectivity index (χ0n) is 8.23. The number of aromatic carboxylic acids is 1.